The molecule has 26 heavy (non-hydrogen) atoms. The number of nitrogens with zero attached hydrogens (tertiary/aromatic N) is 1. The molecular formula is C17H20ClN3O3S2. The minimum absolute atomic E-state index is 0.00210. The van der Waals surface area contributed by atoms with Crippen LogP contribution in [-0.2, 0) is 21.4 Å². The van der Waals surface area contributed by atoms with Crippen LogP contribution < -0.4 is 10.5 Å². The largest absolute Gasteiger partial charge is 0.326 e. The molecule has 0 bridgehead atoms. The van der Waals surface area contributed by atoms with Crippen LogP contribution in [0.1, 0.15) is 11.3 Å². The number of amides is 1. The molecule has 0 saturated carbocycles. The van der Waals surface area contributed by atoms with E-state index in [4.69, 9.17) is 16.7 Å². The smallest absolute Gasteiger partial charge is 0.238 e. The van der Waals surface area contributed by atoms with Gasteiger partial charge in [0, 0.05) is 36.6 Å². The average Bonchev–Trinajstić information content (AvgIpc) is 2.97. The molecule has 6 nitrogen and oxygen atoms in total. The molecule has 0 saturated heterocycles. The lowest BCUT2D eigenvalue weighted by Gasteiger charge is -2.19. The summed E-state index contributed by atoms with van der Waals surface area (Å²) in [5, 5.41) is 7.79. The highest BCUT2D eigenvalue weighted by Crippen LogP contribution is 2.22. The molecule has 0 aliphatic rings. The van der Waals surface area contributed by atoms with Gasteiger partial charge in [0.25, 0.3) is 0 Å². The van der Waals surface area contributed by atoms with Gasteiger partial charge in [-0.15, -0.1) is 17.9 Å². The monoisotopic (exact) mass is 413 g/mol. The number of sulfonamides is 1. The predicted octanol–water partition coefficient (Wildman–Crippen LogP) is 3.07. The summed E-state index contributed by atoms with van der Waals surface area (Å²) in [4.78, 5) is 15.4. The Bertz CT molecular complexity index is 864. The Morgan fingerprint density at radius 1 is 1.27 bits per heavy atom. The maximum Gasteiger partial charge on any atom is 0.238 e. The fourth-order valence-corrected chi connectivity index (χ4v) is 3.93. The number of carbonyl (C=O) groups excluding carboxylic acids is 1. The van der Waals surface area contributed by atoms with E-state index in [-0.39, 0.29) is 10.8 Å². The fourth-order valence-electron chi connectivity index (χ4n) is 2.29. The minimum Gasteiger partial charge on any atom is -0.326 e. The zero-order chi connectivity index (χ0) is 19.2. The minimum atomic E-state index is -3.74. The van der Waals surface area contributed by atoms with E-state index < -0.39 is 10.0 Å². The van der Waals surface area contributed by atoms with E-state index in [1.807, 2.05) is 12.1 Å². The molecule has 2 aromatic rings. The molecule has 0 radical (unpaired) electrons. The summed E-state index contributed by atoms with van der Waals surface area (Å²) in [6, 6.07) is 9.55. The number of rotatable bonds is 9. The van der Waals surface area contributed by atoms with Gasteiger partial charge in [-0.2, -0.15) is 0 Å². The normalized spacial score (nSPS) is 11.5. The molecule has 1 heterocycles. The van der Waals surface area contributed by atoms with Crippen molar-refractivity contribution in [2.45, 2.75) is 17.9 Å². The average molecular weight is 414 g/mol. The SMILES string of the molecule is C=CCN(CCC(=O)Nc1ccc(S(N)(=O)=O)cc1)Cc1ccc(Cl)s1. The van der Waals surface area contributed by atoms with Crippen molar-refractivity contribution < 1.29 is 13.2 Å². The van der Waals surface area contributed by atoms with Gasteiger partial charge in [-0.3, -0.25) is 9.69 Å². The van der Waals surface area contributed by atoms with E-state index >= 15 is 0 Å². The number of thiophene rings is 1. The first-order chi connectivity index (χ1) is 12.3. The van der Waals surface area contributed by atoms with Crippen molar-refractivity contribution in [1.82, 2.24) is 4.90 Å². The third kappa shape index (κ3) is 6.54. The lowest BCUT2D eigenvalue weighted by molar-refractivity contribution is -0.116. The second kappa shape index (κ2) is 9.29. The van der Waals surface area contributed by atoms with Crippen LogP contribution in [0.4, 0.5) is 5.69 Å². The van der Waals surface area contributed by atoms with Gasteiger partial charge in [0.15, 0.2) is 0 Å². The number of primary sulfonamides is 1. The van der Waals surface area contributed by atoms with Gasteiger partial charge < -0.3 is 5.32 Å². The summed E-state index contributed by atoms with van der Waals surface area (Å²) in [6.45, 7) is 5.66. The molecule has 1 aromatic heterocycles. The Labute approximate surface area is 162 Å². The number of halogens is 1. The Morgan fingerprint density at radius 3 is 2.50 bits per heavy atom. The van der Waals surface area contributed by atoms with Gasteiger partial charge in [0.1, 0.15) is 0 Å². The Balaban J connectivity index is 1.88. The van der Waals surface area contributed by atoms with Crippen molar-refractivity contribution in [3.63, 3.8) is 0 Å². The fraction of sp³-hybridized carbons (Fsp3) is 0.235. The summed E-state index contributed by atoms with van der Waals surface area (Å²) >= 11 is 7.46. The highest BCUT2D eigenvalue weighted by Gasteiger charge is 2.11. The molecule has 3 N–H and O–H groups in total. The molecule has 0 fully saturated rings. The highest BCUT2D eigenvalue weighted by molar-refractivity contribution is 7.89. The van der Waals surface area contributed by atoms with Gasteiger partial charge in [-0.25, -0.2) is 13.6 Å². The number of hydrogen-bond donors (Lipinski definition) is 2. The molecule has 1 aromatic carbocycles. The van der Waals surface area contributed by atoms with Crippen molar-refractivity contribution in [2.75, 3.05) is 18.4 Å². The van der Waals surface area contributed by atoms with Gasteiger partial charge in [0.05, 0.1) is 9.23 Å². The summed E-state index contributed by atoms with van der Waals surface area (Å²) < 4.78 is 23.2. The first kappa shape index (κ1) is 20.6. The molecule has 1 amide bonds. The predicted molar refractivity (Wildman–Crippen MR) is 106 cm³/mol. The third-order valence-corrected chi connectivity index (χ3v) is 5.66. The van der Waals surface area contributed by atoms with Crippen molar-refractivity contribution in [2.24, 2.45) is 5.14 Å². The van der Waals surface area contributed by atoms with Crippen LogP contribution in [-0.4, -0.2) is 32.3 Å². The molecule has 0 atom stereocenters. The maximum absolute atomic E-state index is 12.1. The topological polar surface area (TPSA) is 92.5 Å². The summed E-state index contributed by atoms with van der Waals surface area (Å²) in [6.07, 6.45) is 2.09. The van der Waals surface area contributed by atoms with E-state index in [9.17, 15) is 13.2 Å². The maximum atomic E-state index is 12.1. The lowest BCUT2D eigenvalue weighted by Crippen LogP contribution is -2.27. The summed E-state index contributed by atoms with van der Waals surface area (Å²) in [5.41, 5.74) is 0.516. The van der Waals surface area contributed by atoms with E-state index in [1.165, 1.54) is 35.6 Å². The molecule has 140 valence electrons. The summed E-state index contributed by atoms with van der Waals surface area (Å²) in [7, 11) is -3.74. The van der Waals surface area contributed by atoms with Crippen LogP contribution in [0.15, 0.2) is 53.9 Å². The number of benzene rings is 1. The van der Waals surface area contributed by atoms with Gasteiger partial charge in [-0.05, 0) is 36.4 Å². The zero-order valence-electron chi connectivity index (χ0n) is 14.0. The van der Waals surface area contributed by atoms with Gasteiger partial charge in [-0.1, -0.05) is 17.7 Å². The highest BCUT2D eigenvalue weighted by atomic mass is 35.5. The summed E-state index contributed by atoms with van der Waals surface area (Å²) in [5.74, 6) is -0.161. The van der Waals surface area contributed by atoms with Gasteiger partial charge in [0.2, 0.25) is 15.9 Å². The zero-order valence-corrected chi connectivity index (χ0v) is 16.4. The quantitative estimate of drug-likeness (QED) is 0.618. The number of hydrogen-bond acceptors (Lipinski definition) is 5. The molecule has 0 aliphatic heterocycles. The molecule has 9 heteroatoms. The van der Waals surface area contributed by atoms with Crippen LogP contribution in [0.3, 0.4) is 0 Å². The number of nitrogens with two attached hydrogens (primary N) is 1. The van der Waals surface area contributed by atoms with Crippen LogP contribution in [0, 0.1) is 0 Å². The van der Waals surface area contributed by atoms with Crippen LogP contribution >= 0.6 is 22.9 Å². The van der Waals surface area contributed by atoms with Crippen LogP contribution in [0.2, 0.25) is 4.34 Å². The van der Waals surface area contributed by atoms with E-state index in [0.29, 0.717) is 31.7 Å². The van der Waals surface area contributed by atoms with E-state index in [0.717, 1.165) is 9.21 Å². The first-order valence-corrected chi connectivity index (χ1v) is 10.5. The number of nitrogens with one attached hydrogen (secondary N) is 1. The van der Waals surface area contributed by atoms with Crippen LogP contribution in [0.25, 0.3) is 0 Å². The van der Waals surface area contributed by atoms with Gasteiger partial charge >= 0.3 is 0 Å². The number of anilines is 1. The molecular weight excluding hydrogens is 394 g/mol. The van der Waals surface area contributed by atoms with Crippen LogP contribution in [0.5, 0.6) is 0 Å². The van der Waals surface area contributed by atoms with E-state index in [2.05, 4.69) is 16.8 Å². The second-order valence-electron chi connectivity index (χ2n) is 5.60. The van der Waals surface area contributed by atoms with Crippen molar-refractivity contribution in [3.8, 4) is 0 Å². The first-order valence-electron chi connectivity index (χ1n) is 7.78. The Morgan fingerprint density at radius 2 is 1.96 bits per heavy atom. The van der Waals surface area contributed by atoms with E-state index in [1.54, 1.807) is 6.08 Å². The molecule has 0 unspecified atom stereocenters. The standard InChI is InChI=1S/C17H20ClN3O3S2/c1-2-10-21(12-14-5-8-16(18)25-14)11-9-17(22)20-13-3-6-15(7-4-13)26(19,23)24/h2-8H,1,9-12H2,(H,20,22)(H2,19,23,24). The Kier molecular flexibility index (Phi) is 7.36. The second-order valence-corrected chi connectivity index (χ2v) is 8.96. The van der Waals surface area contributed by atoms with Crippen molar-refractivity contribution in [3.05, 3.63) is 58.3 Å². The third-order valence-electron chi connectivity index (χ3n) is 3.52. The molecule has 0 aliphatic carbocycles. The molecule has 2 rings (SSSR count). The lowest BCUT2D eigenvalue weighted by atomic mass is 10.3. The van der Waals surface area contributed by atoms with Crippen molar-refractivity contribution >= 4 is 44.6 Å². The molecule has 0 spiro atoms. The van der Waals surface area contributed by atoms with Crippen molar-refractivity contribution in [1.29, 1.82) is 0 Å². The Hall–Kier alpha value is -1.71. The number of carbonyl (C=O) groups is 1.